The summed E-state index contributed by atoms with van der Waals surface area (Å²) in [6, 6.07) is 24.2. The number of fused-ring (bicyclic) bond motifs is 3. The van der Waals surface area contributed by atoms with Crippen molar-refractivity contribution in [3.8, 4) is 0 Å². The van der Waals surface area contributed by atoms with E-state index >= 15 is 0 Å². The van der Waals surface area contributed by atoms with Gasteiger partial charge in [0.2, 0.25) is 23.7 Å². The van der Waals surface area contributed by atoms with Gasteiger partial charge in [-0.1, -0.05) is 72.8 Å². The summed E-state index contributed by atoms with van der Waals surface area (Å²) in [6.45, 7) is 1.45. The lowest BCUT2D eigenvalue weighted by molar-refractivity contribution is -0.557. The Morgan fingerprint density at radius 2 is 1.59 bits per heavy atom. The average molecular weight is 491 g/mol. The van der Waals surface area contributed by atoms with Gasteiger partial charge in [-0.2, -0.15) is 0 Å². The van der Waals surface area contributed by atoms with Crippen LogP contribution >= 0.6 is 0 Å². The Morgan fingerprint density at radius 3 is 2.38 bits per heavy atom. The summed E-state index contributed by atoms with van der Waals surface area (Å²) >= 11 is 0. The van der Waals surface area contributed by atoms with Gasteiger partial charge in [-0.3, -0.25) is 9.59 Å². The number of H-pyrrole nitrogens is 1. The highest BCUT2D eigenvalue weighted by Crippen LogP contribution is 2.32. The minimum Gasteiger partial charge on any atom is -0.381 e. The molecule has 37 heavy (non-hydrogen) atoms. The van der Waals surface area contributed by atoms with Gasteiger partial charge in [0.1, 0.15) is 13.1 Å². The molecule has 4 aromatic rings. The Bertz CT molecular complexity index is 1550. The number of benzene rings is 3. The van der Waals surface area contributed by atoms with Gasteiger partial charge in [-0.15, -0.1) is 0 Å². The maximum absolute atomic E-state index is 13.9. The molecule has 184 valence electrons. The molecule has 2 atom stereocenters. The monoisotopic (exact) mass is 490 g/mol. The summed E-state index contributed by atoms with van der Waals surface area (Å²) in [7, 11) is 1.65. The number of amidine groups is 1. The Morgan fingerprint density at radius 1 is 0.892 bits per heavy atom. The number of aromatic nitrogens is 1. The largest absolute Gasteiger partial charge is 0.381 e. The van der Waals surface area contributed by atoms with E-state index in [4.69, 9.17) is 4.74 Å². The van der Waals surface area contributed by atoms with Crippen LogP contribution in [0, 0.1) is 0 Å². The molecule has 1 aromatic heterocycles. The Kier molecular flexibility index (Phi) is 6.02. The maximum atomic E-state index is 13.9. The van der Waals surface area contributed by atoms with Crippen LogP contribution in [-0.2, 0) is 11.3 Å². The molecule has 1 N–H and O–H groups in total. The highest BCUT2D eigenvalue weighted by Gasteiger charge is 2.57. The van der Waals surface area contributed by atoms with Crippen molar-refractivity contribution < 1.29 is 18.9 Å². The van der Waals surface area contributed by atoms with Crippen LogP contribution in [0.5, 0.6) is 0 Å². The Labute approximate surface area is 215 Å². The summed E-state index contributed by atoms with van der Waals surface area (Å²) in [5.41, 5.74) is 4.18. The van der Waals surface area contributed by atoms with Gasteiger partial charge in [0.15, 0.2) is 0 Å². The third-order valence-corrected chi connectivity index (χ3v) is 7.32. The van der Waals surface area contributed by atoms with Gasteiger partial charge in [-0.25, -0.2) is 9.48 Å². The number of carbonyl (C=O) groups is 2. The number of nitrogens with zero attached hydrogens (tertiary/aromatic N) is 2. The Balaban J connectivity index is 1.51. The van der Waals surface area contributed by atoms with Crippen molar-refractivity contribution >= 4 is 34.4 Å². The molecule has 6 rings (SSSR count). The standard InChI is InChI=1S/C31H27N3O3/c1-37-18-17-33-27(16-15-22-19-32-26-14-8-7-11-23(22)26)34(20-21-9-3-2-4-10-21)29-28(33)30(35)24-12-5-6-13-25(24)31(29)36/h2-16,19,28-29H,17-18,20H2,1H3/p+1. The molecule has 0 spiro atoms. The van der Waals surface area contributed by atoms with Crippen LogP contribution < -0.4 is 0 Å². The summed E-state index contributed by atoms with van der Waals surface area (Å²) in [6.07, 6.45) is 6.08. The molecule has 0 fully saturated rings. The van der Waals surface area contributed by atoms with Crippen molar-refractivity contribution in [3.63, 3.8) is 0 Å². The Hall–Kier alpha value is -4.29. The zero-order chi connectivity index (χ0) is 25.4. The van der Waals surface area contributed by atoms with E-state index in [1.165, 1.54) is 0 Å². The van der Waals surface area contributed by atoms with Crippen molar-refractivity contribution in [1.82, 2.24) is 9.88 Å². The van der Waals surface area contributed by atoms with Crippen LogP contribution in [0.4, 0.5) is 0 Å². The number of ketones is 2. The number of hydrogen-bond acceptors (Lipinski definition) is 4. The number of rotatable bonds is 7. The number of ether oxygens (including phenoxy) is 1. The van der Waals surface area contributed by atoms with Gasteiger partial charge in [0.25, 0.3) is 5.84 Å². The number of carbonyl (C=O) groups excluding carboxylic acids is 2. The molecule has 0 saturated heterocycles. The predicted octanol–water partition coefficient (Wildman–Crippen LogP) is 4.57. The molecule has 6 heteroatoms. The SMILES string of the molecule is COCCN1C(/C=C/c2c[nH]c3ccccc23)=[N+](Cc2ccccc2)C2C(=O)c3ccccc3C(=O)C21. The third-order valence-electron chi connectivity index (χ3n) is 7.32. The van der Waals surface area contributed by atoms with E-state index in [1.807, 2.05) is 60.8 Å². The summed E-state index contributed by atoms with van der Waals surface area (Å²) in [4.78, 5) is 33.2. The van der Waals surface area contributed by atoms with Crippen molar-refractivity contribution in [1.29, 1.82) is 0 Å². The summed E-state index contributed by atoms with van der Waals surface area (Å²) in [5.74, 6) is 0.801. The van der Waals surface area contributed by atoms with Crippen LogP contribution in [0.1, 0.15) is 31.8 Å². The van der Waals surface area contributed by atoms with Crippen molar-refractivity contribution in [2.45, 2.75) is 18.6 Å². The predicted molar refractivity (Wildman–Crippen MR) is 144 cm³/mol. The quantitative estimate of drug-likeness (QED) is 0.386. The van der Waals surface area contributed by atoms with E-state index in [1.54, 1.807) is 19.2 Å². The molecule has 2 aliphatic rings. The second kappa shape index (κ2) is 9.64. The van der Waals surface area contributed by atoms with Gasteiger partial charge in [0.05, 0.1) is 6.61 Å². The highest BCUT2D eigenvalue weighted by molar-refractivity contribution is 6.20. The smallest absolute Gasteiger partial charge is 0.273 e. The lowest BCUT2D eigenvalue weighted by Gasteiger charge is -2.27. The van der Waals surface area contributed by atoms with Gasteiger partial charge in [0, 0.05) is 47.0 Å². The van der Waals surface area contributed by atoms with Crippen LogP contribution in [-0.4, -0.2) is 64.2 Å². The summed E-state index contributed by atoms with van der Waals surface area (Å²) in [5, 5.41) is 1.12. The molecule has 2 heterocycles. The van der Waals surface area contributed by atoms with Gasteiger partial charge < -0.3 is 9.72 Å². The van der Waals surface area contributed by atoms with E-state index in [0.717, 1.165) is 27.9 Å². The molecule has 1 aliphatic carbocycles. The minimum absolute atomic E-state index is 0.0194. The first kappa shape index (κ1) is 23.1. The third kappa shape index (κ3) is 3.99. The lowest BCUT2D eigenvalue weighted by atomic mass is 9.82. The highest BCUT2D eigenvalue weighted by atomic mass is 16.5. The molecular weight excluding hydrogens is 462 g/mol. The van der Waals surface area contributed by atoms with Crippen LogP contribution in [0.25, 0.3) is 17.0 Å². The number of Topliss-reactive ketones (excluding diaryl/α,β-unsaturated/α-hetero) is 2. The normalized spacial score (nSPS) is 19.2. The first-order valence-corrected chi connectivity index (χ1v) is 12.5. The number of hydrogen-bond donors (Lipinski definition) is 1. The fourth-order valence-corrected chi connectivity index (χ4v) is 5.58. The molecule has 2 unspecified atom stereocenters. The number of aromatic amines is 1. The van der Waals surface area contributed by atoms with E-state index in [0.29, 0.717) is 30.8 Å². The van der Waals surface area contributed by atoms with E-state index < -0.39 is 12.1 Å². The number of nitrogens with one attached hydrogen (secondary N) is 1. The second-order valence-corrected chi connectivity index (χ2v) is 9.44. The molecule has 3 aromatic carbocycles. The van der Waals surface area contributed by atoms with Crippen LogP contribution in [0.15, 0.2) is 91.1 Å². The van der Waals surface area contributed by atoms with Gasteiger partial charge >= 0.3 is 0 Å². The topological polar surface area (TPSA) is 65.4 Å². The molecule has 0 radical (unpaired) electrons. The van der Waals surface area contributed by atoms with Crippen molar-refractivity contribution in [2.75, 3.05) is 20.3 Å². The van der Waals surface area contributed by atoms with Crippen molar-refractivity contribution in [2.24, 2.45) is 0 Å². The maximum Gasteiger partial charge on any atom is 0.273 e. The fourth-order valence-electron chi connectivity index (χ4n) is 5.58. The zero-order valence-electron chi connectivity index (χ0n) is 20.6. The first-order chi connectivity index (χ1) is 18.2. The number of methoxy groups -OCH3 is 1. The van der Waals surface area contributed by atoms with Crippen LogP contribution in [0.2, 0.25) is 0 Å². The molecule has 0 saturated carbocycles. The van der Waals surface area contributed by atoms with E-state index in [9.17, 15) is 9.59 Å². The van der Waals surface area contributed by atoms with Crippen LogP contribution in [0.3, 0.4) is 0 Å². The lowest BCUT2D eigenvalue weighted by Crippen LogP contribution is -2.53. The molecule has 6 nitrogen and oxygen atoms in total. The van der Waals surface area contributed by atoms with E-state index in [2.05, 4.69) is 38.7 Å². The second-order valence-electron chi connectivity index (χ2n) is 9.44. The molecular formula is C31H28N3O3+. The molecule has 0 amide bonds. The molecule has 0 bridgehead atoms. The summed E-state index contributed by atoms with van der Waals surface area (Å²) < 4.78 is 7.52. The average Bonchev–Trinajstić information content (AvgIpc) is 3.49. The fraction of sp³-hybridized carbons (Fsp3) is 0.194. The minimum atomic E-state index is -0.609. The first-order valence-electron chi connectivity index (χ1n) is 12.5. The number of para-hydroxylation sites is 1. The van der Waals surface area contributed by atoms with Gasteiger partial charge in [-0.05, 0) is 17.7 Å². The van der Waals surface area contributed by atoms with Crippen molar-refractivity contribution in [3.05, 3.63) is 113 Å². The zero-order valence-corrected chi connectivity index (χ0v) is 20.6. The van der Waals surface area contributed by atoms with E-state index in [-0.39, 0.29) is 11.6 Å². The molecule has 1 aliphatic heterocycles.